The van der Waals surface area contributed by atoms with E-state index in [-0.39, 0.29) is 0 Å². The maximum atomic E-state index is 11.0. The molecule has 6 nitrogen and oxygen atoms in total. The number of hydrogen-bond acceptors (Lipinski definition) is 4. The summed E-state index contributed by atoms with van der Waals surface area (Å²) in [5, 5.41) is 9.02. The lowest BCUT2D eigenvalue weighted by atomic mass is 10.1. The van der Waals surface area contributed by atoms with Crippen LogP contribution in [0.25, 0.3) is 12.2 Å². The average Bonchev–Trinajstić information content (AvgIpc) is 2.67. The summed E-state index contributed by atoms with van der Waals surface area (Å²) in [5.74, 6) is 0.581. The van der Waals surface area contributed by atoms with Crippen LogP contribution in [0.4, 0.5) is 10.5 Å². The van der Waals surface area contributed by atoms with Crippen LogP contribution >= 0.6 is 15.9 Å². The van der Waals surface area contributed by atoms with Gasteiger partial charge >= 0.3 is 6.09 Å². The molecule has 0 saturated carbocycles. The van der Waals surface area contributed by atoms with Crippen LogP contribution in [0.5, 0.6) is 5.88 Å². The Hall–Kier alpha value is -2.54. The third-order valence-corrected chi connectivity index (χ3v) is 4.74. The fourth-order valence-corrected chi connectivity index (χ4v) is 3.22. The summed E-state index contributed by atoms with van der Waals surface area (Å²) < 4.78 is 6.17. The first kappa shape index (κ1) is 18.3. The standard InChI is InChI=1S/C19H20BrN3O3/c1-26-18-15(12-16(20)13-21-18)5-2-14-3-6-17(7-4-14)22-8-10-23(11-9-22)19(24)25/h2-7,12-13H,8-11H2,1H3,(H,24,25)/b5-2+. The molecule has 2 heterocycles. The van der Waals surface area contributed by atoms with E-state index in [1.54, 1.807) is 13.3 Å². The maximum Gasteiger partial charge on any atom is 0.407 e. The molecule has 1 aliphatic rings. The Morgan fingerprint density at radius 2 is 1.88 bits per heavy atom. The smallest absolute Gasteiger partial charge is 0.407 e. The van der Waals surface area contributed by atoms with Crippen molar-refractivity contribution in [1.29, 1.82) is 0 Å². The molecule has 1 aromatic carbocycles. The average molecular weight is 418 g/mol. The predicted octanol–water partition coefficient (Wildman–Crippen LogP) is 3.82. The first-order chi connectivity index (χ1) is 12.6. The molecule has 3 rings (SSSR count). The Kier molecular flexibility index (Phi) is 5.78. The summed E-state index contributed by atoms with van der Waals surface area (Å²) in [6.07, 6.45) is 4.84. The number of halogens is 1. The minimum absolute atomic E-state index is 0.534. The van der Waals surface area contributed by atoms with Gasteiger partial charge in [0.05, 0.1) is 7.11 Å². The van der Waals surface area contributed by atoms with E-state index >= 15 is 0 Å². The molecule has 0 unspecified atom stereocenters. The Labute approximate surface area is 160 Å². The highest BCUT2D eigenvalue weighted by molar-refractivity contribution is 9.10. The molecule has 1 aliphatic heterocycles. The Bertz CT molecular complexity index is 800. The molecule has 7 heteroatoms. The van der Waals surface area contributed by atoms with Crippen LogP contribution in [0, 0.1) is 0 Å². The minimum atomic E-state index is -0.845. The van der Waals surface area contributed by atoms with Gasteiger partial charge in [0.15, 0.2) is 0 Å². The minimum Gasteiger partial charge on any atom is -0.481 e. The first-order valence-corrected chi connectivity index (χ1v) is 9.06. The second-order valence-corrected chi connectivity index (χ2v) is 6.85. The number of carbonyl (C=O) groups is 1. The van der Waals surface area contributed by atoms with Gasteiger partial charge in [0.25, 0.3) is 0 Å². The van der Waals surface area contributed by atoms with Gasteiger partial charge in [-0.3, -0.25) is 0 Å². The lowest BCUT2D eigenvalue weighted by Gasteiger charge is -2.34. The van der Waals surface area contributed by atoms with Gasteiger partial charge in [-0.05, 0) is 45.8 Å². The largest absolute Gasteiger partial charge is 0.481 e. The van der Waals surface area contributed by atoms with Gasteiger partial charge in [-0.15, -0.1) is 0 Å². The molecule has 1 aromatic heterocycles. The summed E-state index contributed by atoms with van der Waals surface area (Å²) >= 11 is 3.42. The number of amides is 1. The number of carboxylic acid groups (broad SMARTS) is 1. The molecule has 1 N–H and O–H groups in total. The number of nitrogens with zero attached hydrogens (tertiary/aromatic N) is 3. The fraction of sp³-hybridized carbons (Fsp3) is 0.263. The second-order valence-electron chi connectivity index (χ2n) is 5.93. The van der Waals surface area contributed by atoms with Crippen molar-refractivity contribution in [3.05, 3.63) is 52.1 Å². The molecule has 1 amide bonds. The van der Waals surface area contributed by atoms with Crippen LogP contribution in [0.3, 0.4) is 0 Å². The molecule has 0 spiro atoms. The van der Waals surface area contributed by atoms with Gasteiger partial charge in [-0.1, -0.05) is 18.2 Å². The summed E-state index contributed by atoms with van der Waals surface area (Å²) in [7, 11) is 1.60. The third-order valence-electron chi connectivity index (χ3n) is 4.30. The second kappa shape index (κ2) is 8.23. The van der Waals surface area contributed by atoms with Crippen molar-refractivity contribution < 1.29 is 14.6 Å². The molecule has 136 valence electrons. The van der Waals surface area contributed by atoms with Crippen molar-refractivity contribution in [2.45, 2.75) is 0 Å². The summed E-state index contributed by atoms with van der Waals surface area (Å²) in [5.41, 5.74) is 3.07. The van der Waals surface area contributed by atoms with Crippen LogP contribution in [0.15, 0.2) is 41.0 Å². The number of methoxy groups -OCH3 is 1. The third kappa shape index (κ3) is 4.35. The lowest BCUT2D eigenvalue weighted by Crippen LogP contribution is -2.48. The molecule has 0 bridgehead atoms. The topological polar surface area (TPSA) is 65.9 Å². The molecule has 1 saturated heterocycles. The van der Waals surface area contributed by atoms with Crippen LogP contribution in [-0.4, -0.2) is 54.4 Å². The van der Waals surface area contributed by atoms with E-state index in [1.807, 2.05) is 30.4 Å². The van der Waals surface area contributed by atoms with Crippen molar-refractivity contribution in [1.82, 2.24) is 9.88 Å². The number of benzene rings is 1. The summed E-state index contributed by atoms with van der Waals surface area (Å²) in [6, 6.07) is 10.2. The molecule has 26 heavy (non-hydrogen) atoms. The fourth-order valence-electron chi connectivity index (χ4n) is 2.87. The van der Waals surface area contributed by atoms with E-state index in [0.29, 0.717) is 32.1 Å². The predicted molar refractivity (Wildman–Crippen MR) is 106 cm³/mol. The van der Waals surface area contributed by atoms with E-state index in [9.17, 15) is 4.79 Å². The lowest BCUT2D eigenvalue weighted by molar-refractivity contribution is 0.142. The summed E-state index contributed by atoms with van der Waals surface area (Å²) in [6.45, 7) is 2.49. The monoisotopic (exact) mass is 417 g/mol. The number of aromatic nitrogens is 1. The van der Waals surface area contributed by atoms with Crippen LogP contribution < -0.4 is 9.64 Å². The van der Waals surface area contributed by atoms with E-state index in [2.05, 4.69) is 37.9 Å². The molecule has 1 fully saturated rings. The highest BCUT2D eigenvalue weighted by atomic mass is 79.9. The quantitative estimate of drug-likeness (QED) is 0.818. The molecule has 0 atom stereocenters. The molecule has 0 aliphatic carbocycles. The highest BCUT2D eigenvalue weighted by Gasteiger charge is 2.20. The van der Waals surface area contributed by atoms with Crippen molar-refractivity contribution in [2.24, 2.45) is 0 Å². The number of pyridine rings is 1. The van der Waals surface area contributed by atoms with E-state index < -0.39 is 6.09 Å². The van der Waals surface area contributed by atoms with E-state index in [1.165, 1.54) is 4.90 Å². The number of rotatable bonds is 4. The van der Waals surface area contributed by atoms with Gasteiger partial charge in [0, 0.05) is 48.1 Å². The van der Waals surface area contributed by atoms with Crippen molar-refractivity contribution in [3.8, 4) is 5.88 Å². The molecule has 0 radical (unpaired) electrons. The SMILES string of the molecule is COc1ncc(Br)cc1/C=C/c1ccc(N2CCN(C(=O)O)CC2)cc1. The zero-order chi connectivity index (χ0) is 18.5. The Morgan fingerprint density at radius 1 is 1.19 bits per heavy atom. The van der Waals surface area contributed by atoms with Gasteiger partial charge in [0.1, 0.15) is 0 Å². The Balaban J connectivity index is 1.67. The van der Waals surface area contributed by atoms with Crippen molar-refractivity contribution >= 4 is 39.9 Å². The van der Waals surface area contributed by atoms with Gasteiger partial charge in [-0.25, -0.2) is 9.78 Å². The maximum absolute atomic E-state index is 11.0. The normalized spacial score (nSPS) is 14.7. The number of ether oxygens (including phenoxy) is 1. The van der Waals surface area contributed by atoms with Crippen molar-refractivity contribution in [2.75, 3.05) is 38.2 Å². The molecular formula is C19H20BrN3O3. The zero-order valence-electron chi connectivity index (χ0n) is 14.4. The van der Waals surface area contributed by atoms with Gasteiger partial charge in [0.2, 0.25) is 5.88 Å². The number of hydrogen-bond donors (Lipinski definition) is 1. The van der Waals surface area contributed by atoms with Gasteiger partial charge in [-0.2, -0.15) is 0 Å². The summed E-state index contributed by atoms with van der Waals surface area (Å²) in [4.78, 5) is 18.9. The zero-order valence-corrected chi connectivity index (χ0v) is 16.0. The Morgan fingerprint density at radius 3 is 2.50 bits per heavy atom. The van der Waals surface area contributed by atoms with Crippen LogP contribution in [0.2, 0.25) is 0 Å². The molecular weight excluding hydrogens is 398 g/mol. The van der Waals surface area contributed by atoms with Crippen molar-refractivity contribution in [3.63, 3.8) is 0 Å². The van der Waals surface area contributed by atoms with E-state index in [0.717, 1.165) is 21.3 Å². The highest BCUT2D eigenvalue weighted by Crippen LogP contribution is 2.23. The number of piperazine rings is 1. The first-order valence-electron chi connectivity index (χ1n) is 8.27. The van der Waals surface area contributed by atoms with Crippen LogP contribution in [-0.2, 0) is 0 Å². The number of anilines is 1. The molecule has 2 aromatic rings. The van der Waals surface area contributed by atoms with Crippen LogP contribution in [0.1, 0.15) is 11.1 Å². The van der Waals surface area contributed by atoms with Gasteiger partial charge < -0.3 is 19.6 Å². The van der Waals surface area contributed by atoms with E-state index in [4.69, 9.17) is 9.84 Å².